The first kappa shape index (κ1) is 15.0. The molecule has 3 rings (SSSR count). The van der Waals surface area contributed by atoms with Crippen molar-refractivity contribution in [2.75, 3.05) is 18.4 Å². The fourth-order valence-electron chi connectivity index (χ4n) is 2.52. The lowest BCUT2D eigenvalue weighted by molar-refractivity contribution is -0.120. The van der Waals surface area contributed by atoms with Crippen molar-refractivity contribution in [3.8, 4) is 0 Å². The fourth-order valence-corrected chi connectivity index (χ4v) is 2.74. The van der Waals surface area contributed by atoms with E-state index in [1.54, 1.807) is 24.3 Å². The number of carbonyl (C=O) groups is 2. The number of anilines is 1. The van der Waals surface area contributed by atoms with Gasteiger partial charge in [-0.05, 0) is 62.2 Å². The van der Waals surface area contributed by atoms with Gasteiger partial charge in [0.2, 0.25) is 5.91 Å². The zero-order valence-electron chi connectivity index (χ0n) is 12.3. The molecule has 0 unspecified atom stereocenters. The molecule has 2 aliphatic rings. The maximum atomic E-state index is 12.2. The molecular weight excluding hydrogens is 298 g/mol. The quantitative estimate of drug-likeness (QED) is 0.839. The lowest BCUT2D eigenvalue weighted by Gasteiger charge is -2.15. The highest BCUT2D eigenvalue weighted by molar-refractivity contribution is 7.80. The molecule has 116 valence electrons. The van der Waals surface area contributed by atoms with Crippen molar-refractivity contribution in [3.05, 3.63) is 29.8 Å². The molecule has 1 aromatic carbocycles. The van der Waals surface area contributed by atoms with E-state index in [1.165, 1.54) is 0 Å². The van der Waals surface area contributed by atoms with E-state index in [1.807, 2.05) is 4.90 Å². The van der Waals surface area contributed by atoms with Crippen molar-refractivity contribution in [2.45, 2.75) is 25.7 Å². The van der Waals surface area contributed by atoms with E-state index < -0.39 is 0 Å². The van der Waals surface area contributed by atoms with Crippen LogP contribution in [0.25, 0.3) is 0 Å². The molecule has 2 fully saturated rings. The number of hydrogen-bond donors (Lipinski definition) is 2. The van der Waals surface area contributed by atoms with Crippen LogP contribution in [0.3, 0.4) is 0 Å². The van der Waals surface area contributed by atoms with E-state index in [0.717, 1.165) is 44.5 Å². The molecule has 5 nitrogen and oxygen atoms in total. The Hall–Kier alpha value is -1.95. The van der Waals surface area contributed by atoms with E-state index in [2.05, 4.69) is 10.6 Å². The topological polar surface area (TPSA) is 61.4 Å². The molecule has 22 heavy (non-hydrogen) atoms. The lowest BCUT2D eigenvalue weighted by atomic mass is 10.2. The van der Waals surface area contributed by atoms with Crippen LogP contribution < -0.4 is 10.6 Å². The monoisotopic (exact) mass is 317 g/mol. The van der Waals surface area contributed by atoms with Crippen LogP contribution in [-0.4, -0.2) is 34.9 Å². The first-order valence-electron chi connectivity index (χ1n) is 7.64. The Balaban J connectivity index is 1.55. The zero-order valence-corrected chi connectivity index (χ0v) is 13.1. The largest absolute Gasteiger partial charge is 0.339 e. The van der Waals surface area contributed by atoms with Gasteiger partial charge in [0, 0.05) is 30.3 Å². The second kappa shape index (κ2) is 6.44. The Kier molecular flexibility index (Phi) is 4.38. The normalized spacial score (nSPS) is 17.2. The van der Waals surface area contributed by atoms with Gasteiger partial charge in [0.25, 0.3) is 5.91 Å². The second-order valence-corrected chi connectivity index (χ2v) is 6.20. The molecule has 0 atom stereocenters. The summed E-state index contributed by atoms with van der Waals surface area (Å²) in [7, 11) is 0. The van der Waals surface area contributed by atoms with Crippen molar-refractivity contribution in [1.82, 2.24) is 10.2 Å². The summed E-state index contributed by atoms with van der Waals surface area (Å²) >= 11 is 5.11. The minimum absolute atomic E-state index is 0.0154. The number of amides is 2. The Morgan fingerprint density at radius 3 is 2.32 bits per heavy atom. The van der Waals surface area contributed by atoms with Gasteiger partial charge in [0.15, 0.2) is 5.11 Å². The van der Waals surface area contributed by atoms with Crippen molar-refractivity contribution < 1.29 is 9.59 Å². The number of thiocarbonyl (C=S) groups is 1. The van der Waals surface area contributed by atoms with Gasteiger partial charge in [-0.3, -0.25) is 9.59 Å². The molecule has 1 saturated carbocycles. The van der Waals surface area contributed by atoms with Gasteiger partial charge in [-0.15, -0.1) is 0 Å². The molecule has 0 bridgehead atoms. The predicted molar refractivity (Wildman–Crippen MR) is 88.7 cm³/mol. The summed E-state index contributed by atoms with van der Waals surface area (Å²) in [5.74, 6) is 0.187. The van der Waals surface area contributed by atoms with Crippen LogP contribution in [0, 0.1) is 5.92 Å². The summed E-state index contributed by atoms with van der Waals surface area (Å²) in [6.07, 6.45) is 4.06. The second-order valence-electron chi connectivity index (χ2n) is 5.79. The summed E-state index contributed by atoms with van der Waals surface area (Å²) in [5, 5.41) is 5.95. The highest BCUT2D eigenvalue weighted by Crippen LogP contribution is 2.28. The van der Waals surface area contributed by atoms with Gasteiger partial charge < -0.3 is 15.5 Å². The molecule has 0 radical (unpaired) electrons. The van der Waals surface area contributed by atoms with Crippen molar-refractivity contribution in [2.24, 2.45) is 5.92 Å². The molecule has 0 spiro atoms. The minimum Gasteiger partial charge on any atom is -0.339 e. The average Bonchev–Trinajstić information content (AvgIpc) is 3.22. The van der Waals surface area contributed by atoms with Crippen LogP contribution in [0.2, 0.25) is 0 Å². The maximum Gasteiger partial charge on any atom is 0.253 e. The van der Waals surface area contributed by atoms with Crippen molar-refractivity contribution in [1.29, 1.82) is 0 Å². The molecule has 0 aromatic heterocycles. The van der Waals surface area contributed by atoms with Crippen LogP contribution >= 0.6 is 12.2 Å². The van der Waals surface area contributed by atoms with E-state index in [9.17, 15) is 9.59 Å². The van der Waals surface area contributed by atoms with E-state index in [-0.39, 0.29) is 17.7 Å². The predicted octanol–water partition coefficient (Wildman–Crippen LogP) is 2.15. The molecule has 1 saturated heterocycles. The molecule has 1 aliphatic carbocycles. The molecule has 1 aliphatic heterocycles. The Morgan fingerprint density at radius 1 is 1.09 bits per heavy atom. The molecule has 2 amide bonds. The van der Waals surface area contributed by atoms with Crippen LogP contribution in [0.4, 0.5) is 5.69 Å². The van der Waals surface area contributed by atoms with Crippen LogP contribution in [0.5, 0.6) is 0 Å². The molecular formula is C16H19N3O2S. The smallest absolute Gasteiger partial charge is 0.253 e. The fraction of sp³-hybridized carbons (Fsp3) is 0.438. The van der Waals surface area contributed by atoms with E-state index >= 15 is 0 Å². The molecule has 1 aromatic rings. The van der Waals surface area contributed by atoms with Gasteiger partial charge in [0.05, 0.1) is 0 Å². The lowest BCUT2D eigenvalue weighted by Crippen LogP contribution is -2.35. The highest BCUT2D eigenvalue weighted by atomic mass is 32.1. The van der Waals surface area contributed by atoms with Gasteiger partial charge in [-0.25, -0.2) is 0 Å². The summed E-state index contributed by atoms with van der Waals surface area (Å²) in [5.41, 5.74) is 1.44. The maximum absolute atomic E-state index is 12.2. The number of nitrogens with one attached hydrogen (secondary N) is 2. The third-order valence-corrected chi connectivity index (χ3v) is 4.17. The van der Waals surface area contributed by atoms with Gasteiger partial charge in [-0.2, -0.15) is 0 Å². The Labute approximate surface area is 135 Å². The summed E-state index contributed by atoms with van der Waals surface area (Å²) in [4.78, 5) is 25.7. The number of benzene rings is 1. The molecule has 2 N–H and O–H groups in total. The third kappa shape index (κ3) is 3.62. The first-order chi connectivity index (χ1) is 10.6. The molecule has 6 heteroatoms. The molecule has 1 heterocycles. The zero-order chi connectivity index (χ0) is 15.5. The summed E-state index contributed by atoms with van der Waals surface area (Å²) in [6.45, 7) is 1.69. The highest BCUT2D eigenvalue weighted by Gasteiger charge is 2.30. The van der Waals surface area contributed by atoms with Crippen LogP contribution in [0.15, 0.2) is 24.3 Å². The minimum atomic E-state index is -0.0154. The average molecular weight is 317 g/mol. The van der Waals surface area contributed by atoms with E-state index in [4.69, 9.17) is 12.2 Å². The van der Waals surface area contributed by atoms with Crippen molar-refractivity contribution in [3.63, 3.8) is 0 Å². The summed E-state index contributed by atoms with van der Waals surface area (Å²) in [6, 6.07) is 7.18. The standard InChI is InChI=1S/C16H19N3O2S/c20-14(11-3-4-11)18-16(22)17-13-7-5-12(6-8-13)15(21)19-9-1-2-10-19/h5-8,11H,1-4,9-10H2,(H2,17,18,20,22). The third-order valence-electron chi connectivity index (χ3n) is 3.97. The van der Waals surface area contributed by atoms with Gasteiger partial charge >= 0.3 is 0 Å². The van der Waals surface area contributed by atoms with Crippen LogP contribution in [-0.2, 0) is 4.79 Å². The van der Waals surface area contributed by atoms with Gasteiger partial charge in [0.1, 0.15) is 0 Å². The number of carbonyl (C=O) groups excluding carboxylic acids is 2. The van der Waals surface area contributed by atoms with Crippen molar-refractivity contribution >= 4 is 34.8 Å². The Bertz CT molecular complexity index is 590. The number of rotatable bonds is 3. The van der Waals surface area contributed by atoms with E-state index in [0.29, 0.717) is 10.7 Å². The Morgan fingerprint density at radius 2 is 1.73 bits per heavy atom. The number of likely N-dealkylation sites (tertiary alicyclic amines) is 1. The van der Waals surface area contributed by atoms with Gasteiger partial charge in [-0.1, -0.05) is 0 Å². The van der Waals surface area contributed by atoms with Crippen LogP contribution in [0.1, 0.15) is 36.0 Å². The summed E-state index contributed by atoms with van der Waals surface area (Å²) < 4.78 is 0. The number of nitrogens with zero attached hydrogens (tertiary/aromatic N) is 1. The number of hydrogen-bond acceptors (Lipinski definition) is 3. The first-order valence-corrected chi connectivity index (χ1v) is 8.05. The SMILES string of the molecule is O=C(NC(=S)Nc1ccc(C(=O)N2CCCC2)cc1)C1CC1.